The lowest BCUT2D eigenvalue weighted by atomic mass is 10.1. The van der Waals surface area contributed by atoms with Crippen molar-refractivity contribution in [2.24, 2.45) is 5.92 Å². The highest BCUT2D eigenvalue weighted by molar-refractivity contribution is 6.31. The first-order valence-electron chi connectivity index (χ1n) is 7.55. The molecule has 0 amide bonds. The van der Waals surface area contributed by atoms with Gasteiger partial charge in [0.05, 0.1) is 0 Å². The Kier molecular flexibility index (Phi) is 4.29. The van der Waals surface area contributed by atoms with Crippen LogP contribution in [0.15, 0.2) is 18.2 Å². The van der Waals surface area contributed by atoms with Crippen molar-refractivity contribution < 1.29 is 4.39 Å². The quantitative estimate of drug-likeness (QED) is 0.919. The van der Waals surface area contributed by atoms with Crippen molar-refractivity contribution in [1.82, 2.24) is 10.2 Å². The average molecular weight is 297 g/mol. The van der Waals surface area contributed by atoms with Crippen LogP contribution in [-0.2, 0) is 6.54 Å². The Hall–Kier alpha value is -0.640. The molecular weight excluding hydrogens is 275 g/mol. The number of nitrogens with one attached hydrogen (secondary N) is 1. The van der Waals surface area contributed by atoms with E-state index in [0.717, 1.165) is 37.5 Å². The minimum atomic E-state index is -0.264. The summed E-state index contributed by atoms with van der Waals surface area (Å²) in [5.41, 5.74) is 1.02. The van der Waals surface area contributed by atoms with Crippen molar-refractivity contribution in [2.45, 2.75) is 44.8 Å². The van der Waals surface area contributed by atoms with E-state index in [1.54, 1.807) is 0 Å². The van der Waals surface area contributed by atoms with Gasteiger partial charge in [0.25, 0.3) is 0 Å². The highest BCUT2D eigenvalue weighted by Gasteiger charge is 2.34. The lowest BCUT2D eigenvalue weighted by Gasteiger charge is -2.29. The standard InChI is InChI=1S/C16H22ClFN2/c1-11-6-7-19-16(12-2-3-12)10-20(11)9-13-4-5-14(18)8-15(13)17/h4-5,8,11-12,16,19H,2-3,6-7,9-10H2,1H3. The summed E-state index contributed by atoms with van der Waals surface area (Å²) in [6.45, 7) is 5.25. The van der Waals surface area contributed by atoms with Gasteiger partial charge >= 0.3 is 0 Å². The zero-order chi connectivity index (χ0) is 14.1. The summed E-state index contributed by atoms with van der Waals surface area (Å²) < 4.78 is 13.1. The van der Waals surface area contributed by atoms with Crippen LogP contribution in [0, 0.1) is 11.7 Å². The molecule has 1 aromatic carbocycles. The predicted molar refractivity (Wildman–Crippen MR) is 80.4 cm³/mol. The summed E-state index contributed by atoms with van der Waals surface area (Å²) in [5.74, 6) is 0.590. The van der Waals surface area contributed by atoms with Crippen LogP contribution in [0.2, 0.25) is 5.02 Å². The maximum Gasteiger partial charge on any atom is 0.124 e. The number of hydrogen-bond acceptors (Lipinski definition) is 2. The van der Waals surface area contributed by atoms with Crippen molar-refractivity contribution in [2.75, 3.05) is 13.1 Å². The van der Waals surface area contributed by atoms with Crippen LogP contribution in [-0.4, -0.2) is 30.1 Å². The molecule has 0 spiro atoms. The molecule has 0 radical (unpaired) electrons. The third-order valence-electron chi connectivity index (χ3n) is 4.60. The summed E-state index contributed by atoms with van der Waals surface area (Å²) in [4.78, 5) is 2.49. The lowest BCUT2D eigenvalue weighted by Crippen LogP contribution is -2.40. The molecule has 0 aromatic heterocycles. The normalized spacial score (nSPS) is 28.4. The van der Waals surface area contributed by atoms with Gasteiger partial charge in [-0.2, -0.15) is 0 Å². The summed E-state index contributed by atoms with van der Waals surface area (Å²) in [6.07, 6.45) is 3.87. The van der Waals surface area contributed by atoms with Crippen LogP contribution < -0.4 is 5.32 Å². The van der Waals surface area contributed by atoms with Crippen molar-refractivity contribution in [3.63, 3.8) is 0 Å². The molecule has 0 bridgehead atoms. The second-order valence-electron chi connectivity index (χ2n) is 6.20. The molecule has 1 heterocycles. The Morgan fingerprint density at radius 2 is 2.15 bits per heavy atom. The van der Waals surface area contributed by atoms with Gasteiger partial charge in [-0.1, -0.05) is 17.7 Å². The molecule has 3 rings (SSSR count). The molecule has 4 heteroatoms. The lowest BCUT2D eigenvalue weighted by molar-refractivity contribution is 0.190. The van der Waals surface area contributed by atoms with Gasteiger partial charge in [0.15, 0.2) is 0 Å². The van der Waals surface area contributed by atoms with Gasteiger partial charge in [-0.3, -0.25) is 4.90 Å². The van der Waals surface area contributed by atoms with E-state index in [9.17, 15) is 4.39 Å². The molecule has 110 valence electrons. The average Bonchev–Trinajstić information content (AvgIpc) is 3.22. The number of hydrogen-bond donors (Lipinski definition) is 1. The molecule has 1 N–H and O–H groups in total. The van der Waals surface area contributed by atoms with Gasteiger partial charge in [0.2, 0.25) is 0 Å². The van der Waals surface area contributed by atoms with E-state index in [4.69, 9.17) is 11.6 Å². The van der Waals surface area contributed by atoms with E-state index in [-0.39, 0.29) is 5.82 Å². The zero-order valence-corrected chi connectivity index (χ0v) is 12.7. The van der Waals surface area contributed by atoms with Crippen LogP contribution in [0.3, 0.4) is 0 Å². The maximum atomic E-state index is 13.1. The SMILES string of the molecule is CC1CCNC(C2CC2)CN1Cc1ccc(F)cc1Cl. The molecule has 2 fully saturated rings. The first-order valence-corrected chi connectivity index (χ1v) is 7.92. The van der Waals surface area contributed by atoms with E-state index in [0.29, 0.717) is 17.1 Å². The molecule has 1 aliphatic heterocycles. The third-order valence-corrected chi connectivity index (χ3v) is 4.95. The Bertz CT molecular complexity index is 476. The van der Waals surface area contributed by atoms with E-state index < -0.39 is 0 Å². The second-order valence-corrected chi connectivity index (χ2v) is 6.61. The Labute approximate surface area is 125 Å². The van der Waals surface area contributed by atoms with Gasteiger partial charge < -0.3 is 5.32 Å². The number of halogens is 2. The molecule has 1 saturated carbocycles. The van der Waals surface area contributed by atoms with Crippen molar-refractivity contribution in [1.29, 1.82) is 0 Å². The summed E-state index contributed by atoms with van der Waals surface area (Å²) in [7, 11) is 0. The number of benzene rings is 1. The minimum absolute atomic E-state index is 0.264. The molecule has 20 heavy (non-hydrogen) atoms. The van der Waals surface area contributed by atoms with Crippen molar-refractivity contribution in [3.8, 4) is 0 Å². The van der Waals surface area contributed by atoms with E-state index in [2.05, 4.69) is 17.1 Å². The second kappa shape index (κ2) is 6.00. The van der Waals surface area contributed by atoms with Gasteiger partial charge in [0.1, 0.15) is 5.82 Å². The molecule has 1 aliphatic carbocycles. The number of rotatable bonds is 3. The van der Waals surface area contributed by atoms with Crippen LogP contribution in [0.25, 0.3) is 0 Å². The van der Waals surface area contributed by atoms with Gasteiger partial charge in [0, 0.05) is 30.2 Å². The van der Waals surface area contributed by atoms with Crippen LogP contribution >= 0.6 is 11.6 Å². The van der Waals surface area contributed by atoms with Crippen molar-refractivity contribution in [3.05, 3.63) is 34.6 Å². The molecule has 2 unspecified atom stereocenters. The molecule has 2 nitrogen and oxygen atoms in total. The first-order chi connectivity index (χ1) is 9.63. The van der Waals surface area contributed by atoms with Crippen molar-refractivity contribution >= 4 is 11.6 Å². The van der Waals surface area contributed by atoms with Crippen LogP contribution in [0.5, 0.6) is 0 Å². The monoisotopic (exact) mass is 296 g/mol. The van der Waals surface area contributed by atoms with Crippen LogP contribution in [0.1, 0.15) is 31.7 Å². The maximum absolute atomic E-state index is 13.1. The van der Waals surface area contributed by atoms with Gasteiger partial charge in [-0.25, -0.2) is 4.39 Å². The Balaban J connectivity index is 1.72. The fourth-order valence-electron chi connectivity index (χ4n) is 3.06. The first kappa shape index (κ1) is 14.3. The zero-order valence-electron chi connectivity index (χ0n) is 11.9. The molecule has 2 aliphatic rings. The smallest absolute Gasteiger partial charge is 0.124 e. The van der Waals surface area contributed by atoms with Gasteiger partial charge in [-0.05, 0) is 56.3 Å². The predicted octanol–water partition coefficient (Wildman–Crippen LogP) is 3.44. The summed E-state index contributed by atoms with van der Waals surface area (Å²) in [5, 5.41) is 4.22. The van der Waals surface area contributed by atoms with E-state index in [1.807, 2.05) is 6.07 Å². The fourth-order valence-corrected chi connectivity index (χ4v) is 3.29. The fraction of sp³-hybridized carbons (Fsp3) is 0.625. The van der Waals surface area contributed by atoms with E-state index >= 15 is 0 Å². The summed E-state index contributed by atoms with van der Waals surface area (Å²) in [6, 6.07) is 5.87. The summed E-state index contributed by atoms with van der Waals surface area (Å²) >= 11 is 6.17. The Morgan fingerprint density at radius 3 is 2.85 bits per heavy atom. The van der Waals surface area contributed by atoms with Crippen LogP contribution in [0.4, 0.5) is 4.39 Å². The highest BCUT2D eigenvalue weighted by atomic mass is 35.5. The highest BCUT2D eigenvalue weighted by Crippen LogP contribution is 2.34. The Morgan fingerprint density at radius 1 is 1.35 bits per heavy atom. The molecular formula is C16H22ClFN2. The molecule has 1 aromatic rings. The van der Waals surface area contributed by atoms with Gasteiger partial charge in [-0.15, -0.1) is 0 Å². The minimum Gasteiger partial charge on any atom is -0.312 e. The largest absolute Gasteiger partial charge is 0.312 e. The topological polar surface area (TPSA) is 15.3 Å². The number of nitrogens with zero attached hydrogens (tertiary/aromatic N) is 1. The molecule has 1 saturated heterocycles. The third kappa shape index (κ3) is 3.33. The molecule has 2 atom stereocenters. The van der Waals surface area contributed by atoms with E-state index in [1.165, 1.54) is 25.0 Å².